The zero-order chi connectivity index (χ0) is 12.9. The van der Waals surface area contributed by atoms with E-state index in [1.165, 1.54) is 0 Å². The number of thiol groups is 2. The average Bonchev–Trinajstić information content (AvgIpc) is 2.33. The van der Waals surface area contributed by atoms with Gasteiger partial charge in [-0.15, -0.1) is 0 Å². The third-order valence-corrected chi connectivity index (χ3v) is 2.75. The molecule has 0 rings (SSSR count). The maximum absolute atomic E-state index is 11.2. The van der Waals surface area contributed by atoms with E-state index in [0.29, 0.717) is 25.9 Å². The van der Waals surface area contributed by atoms with E-state index in [0.717, 1.165) is 30.8 Å². The van der Waals surface area contributed by atoms with Gasteiger partial charge < -0.3 is 10.6 Å². The van der Waals surface area contributed by atoms with Crippen molar-refractivity contribution in [3.8, 4) is 0 Å². The molecular weight excluding hydrogens is 256 g/mol. The summed E-state index contributed by atoms with van der Waals surface area (Å²) in [6.45, 7) is 1.22. The SMILES string of the molecule is O=C(CCCS)NCCCNC(=O)CCCS. The Morgan fingerprint density at radius 2 is 1.18 bits per heavy atom. The number of carbonyl (C=O) groups excluding carboxylic acids is 2. The van der Waals surface area contributed by atoms with E-state index in [4.69, 9.17) is 0 Å². The maximum Gasteiger partial charge on any atom is 0.220 e. The molecule has 0 aromatic rings. The third kappa shape index (κ3) is 11.9. The summed E-state index contributed by atoms with van der Waals surface area (Å²) in [6.07, 6.45) is 3.42. The zero-order valence-electron chi connectivity index (χ0n) is 10.1. The van der Waals surface area contributed by atoms with Gasteiger partial charge in [-0.1, -0.05) is 0 Å². The monoisotopic (exact) mass is 278 g/mol. The highest BCUT2D eigenvalue weighted by atomic mass is 32.1. The van der Waals surface area contributed by atoms with Gasteiger partial charge in [-0.05, 0) is 30.8 Å². The van der Waals surface area contributed by atoms with Crippen molar-refractivity contribution in [2.24, 2.45) is 0 Å². The molecule has 0 atom stereocenters. The highest BCUT2D eigenvalue weighted by Gasteiger charge is 2.01. The lowest BCUT2D eigenvalue weighted by Crippen LogP contribution is -2.29. The van der Waals surface area contributed by atoms with Crippen LogP contribution in [0.25, 0.3) is 0 Å². The number of rotatable bonds is 10. The first-order valence-corrected chi connectivity index (χ1v) is 7.22. The number of nitrogens with one attached hydrogen (secondary N) is 2. The Morgan fingerprint density at radius 1 is 0.765 bits per heavy atom. The summed E-state index contributed by atoms with van der Waals surface area (Å²) in [7, 11) is 0. The summed E-state index contributed by atoms with van der Waals surface area (Å²) in [4.78, 5) is 22.4. The van der Waals surface area contributed by atoms with Crippen molar-refractivity contribution >= 4 is 37.1 Å². The minimum Gasteiger partial charge on any atom is -0.356 e. The van der Waals surface area contributed by atoms with E-state index < -0.39 is 0 Å². The van der Waals surface area contributed by atoms with Crippen LogP contribution in [0.4, 0.5) is 0 Å². The van der Waals surface area contributed by atoms with Crippen molar-refractivity contribution in [1.82, 2.24) is 10.6 Å². The zero-order valence-corrected chi connectivity index (χ0v) is 11.9. The molecule has 0 aliphatic carbocycles. The van der Waals surface area contributed by atoms with Crippen molar-refractivity contribution in [2.75, 3.05) is 24.6 Å². The summed E-state index contributed by atoms with van der Waals surface area (Å²) in [5, 5.41) is 5.60. The highest BCUT2D eigenvalue weighted by molar-refractivity contribution is 7.80. The molecule has 17 heavy (non-hydrogen) atoms. The number of amides is 2. The van der Waals surface area contributed by atoms with Crippen LogP contribution in [0.15, 0.2) is 0 Å². The summed E-state index contributed by atoms with van der Waals surface area (Å²) in [6, 6.07) is 0. The number of hydrogen-bond acceptors (Lipinski definition) is 4. The lowest BCUT2D eigenvalue weighted by molar-refractivity contribution is -0.121. The van der Waals surface area contributed by atoms with Crippen LogP contribution < -0.4 is 10.6 Å². The molecule has 2 amide bonds. The second-order valence-corrected chi connectivity index (χ2v) is 4.60. The molecule has 0 unspecified atom stereocenters. The van der Waals surface area contributed by atoms with Crippen LogP contribution in [0, 0.1) is 0 Å². The fourth-order valence-electron chi connectivity index (χ4n) is 1.20. The summed E-state index contributed by atoms with van der Waals surface area (Å²) < 4.78 is 0. The average molecular weight is 278 g/mol. The van der Waals surface area contributed by atoms with E-state index in [1.807, 2.05) is 0 Å². The van der Waals surface area contributed by atoms with Crippen molar-refractivity contribution in [1.29, 1.82) is 0 Å². The van der Waals surface area contributed by atoms with Gasteiger partial charge in [-0.2, -0.15) is 25.3 Å². The van der Waals surface area contributed by atoms with Crippen LogP contribution in [0.3, 0.4) is 0 Å². The van der Waals surface area contributed by atoms with Crippen molar-refractivity contribution in [3.05, 3.63) is 0 Å². The Labute approximate surface area is 114 Å². The van der Waals surface area contributed by atoms with Gasteiger partial charge in [0.1, 0.15) is 0 Å². The predicted octanol–water partition coefficient (Wildman–Crippen LogP) is 1.03. The molecular formula is C11H22N2O2S2. The molecule has 0 saturated carbocycles. The van der Waals surface area contributed by atoms with Crippen molar-refractivity contribution in [3.63, 3.8) is 0 Å². The normalized spacial score (nSPS) is 10.0. The molecule has 0 aliphatic rings. The standard InChI is InChI=1S/C11H22N2O2S2/c14-10(4-1-8-16)12-6-3-7-13-11(15)5-2-9-17/h16-17H,1-9H2,(H,12,14)(H,13,15). The Bertz CT molecular complexity index is 204. The molecule has 6 heteroatoms. The molecule has 0 aromatic carbocycles. The van der Waals surface area contributed by atoms with E-state index in [2.05, 4.69) is 35.9 Å². The molecule has 0 aromatic heterocycles. The number of hydrogen-bond donors (Lipinski definition) is 4. The van der Waals surface area contributed by atoms with Gasteiger partial charge in [0, 0.05) is 25.9 Å². The molecule has 0 fully saturated rings. The van der Waals surface area contributed by atoms with Crippen molar-refractivity contribution in [2.45, 2.75) is 32.1 Å². The molecule has 0 aliphatic heterocycles. The quantitative estimate of drug-likeness (QED) is 0.356. The van der Waals surface area contributed by atoms with Crippen LogP contribution >= 0.6 is 25.3 Å². The molecule has 0 spiro atoms. The van der Waals surface area contributed by atoms with Crippen LogP contribution in [0.2, 0.25) is 0 Å². The molecule has 2 N–H and O–H groups in total. The summed E-state index contributed by atoms with van der Waals surface area (Å²) >= 11 is 8.07. The first-order valence-electron chi connectivity index (χ1n) is 5.95. The highest BCUT2D eigenvalue weighted by Crippen LogP contribution is 1.92. The van der Waals surface area contributed by atoms with Crippen LogP contribution in [-0.4, -0.2) is 36.4 Å². The third-order valence-electron chi connectivity index (χ3n) is 2.12. The second-order valence-electron chi connectivity index (χ2n) is 3.71. The second kappa shape index (κ2) is 12.1. The Balaban J connectivity index is 3.28. The van der Waals surface area contributed by atoms with Crippen molar-refractivity contribution < 1.29 is 9.59 Å². The maximum atomic E-state index is 11.2. The van der Waals surface area contributed by atoms with E-state index >= 15 is 0 Å². The summed E-state index contributed by atoms with van der Waals surface area (Å²) in [5.41, 5.74) is 0. The fourth-order valence-corrected chi connectivity index (χ4v) is 1.52. The van der Waals surface area contributed by atoms with Gasteiger partial charge in [0.05, 0.1) is 0 Å². The van der Waals surface area contributed by atoms with Gasteiger partial charge in [0.25, 0.3) is 0 Å². The van der Waals surface area contributed by atoms with E-state index in [9.17, 15) is 9.59 Å². The van der Waals surface area contributed by atoms with Crippen LogP contribution in [-0.2, 0) is 9.59 Å². The topological polar surface area (TPSA) is 58.2 Å². The Hall–Kier alpha value is -0.360. The molecule has 0 saturated heterocycles. The first kappa shape index (κ1) is 16.6. The van der Waals surface area contributed by atoms with Gasteiger partial charge >= 0.3 is 0 Å². The molecule has 0 radical (unpaired) electrons. The van der Waals surface area contributed by atoms with Gasteiger partial charge in [-0.25, -0.2) is 0 Å². The molecule has 0 heterocycles. The van der Waals surface area contributed by atoms with Crippen LogP contribution in [0.1, 0.15) is 32.1 Å². The minimum atomic E-state index is 0.0560. The molecule has 0 bridgehead atoms. The fraction of sp³-hybridized carbons (Fsp3) is 0.818. The summed E-state index contributed by atoms with van der Waals surface area (Å²) in [5.74, 6) is 1.57. The Kier molecular flexibility index (Phi) is 11.8. The van der Waals surface area contributed by atoms with E-state index in [1.54, 1.807) is 0 Å². The van der Waals surface area contributed by atoms with Gasteiger partial charge in [0.15, 0.2) is 0 Å². The lowest BCUT2D eigenvalue weighted by Gasteiger charge is -2.06. The lowest BCUT2D eigenvalue weighted by atomic mass is 10.3. The first-order chi connectivity index (χ1) is 8.20. The number of carbonyl (C=O) groups is 2. The molecule has 4 nitrogen and oxygen atoms in total. The smallest absolute Gasteiger partial charge is 0.220 e. The predicted molar refractivity (Wildman–Crippen MR) is 76.8 cm³/mol. The van der Waals surface area contributed by atoms with Gasteiger partial charge in [-0.3, -0.25) is 9.59 Å². The Morgan fingerprint density at radius 3 is 1.53 bits per heavy atom. The van der Waals surface area contributed by atoms with E-state index in [-0.39, 0.29) is 11.8 Å². The largest absolute Gasteiger partial charge is 0.356 e. The van der Waals surface area contributed by atoms with Gasteiger partial charge in [0.2, 0.25) is 11.8 Å². The molecule has 100 valence electrons. The minimum absolute atomic E-state index is 0.0560. The van der Waals surface area contributed by atoms with Crippen LogP contribution in [0.5, 0.6) is 0 Å².